The van der Waals surface area contributed by atoms with Gasteiger partial charge in [0.2, 0.25) is 0 Å². The van der Waals surface area contributed by atoms with Gasteiger partial charge in [-0.25, -0.2) is 4.98 Å². The lowest BCUT2D eigenvalue weighted by molar-refractivity contribution is 0.565. The molecule has 0 radical (unpaired) electrons. The maximum atomic E-state index is 5.76. The van der Waals surface area contributed by atoms with E-state index in [1.54, 1.807) is 6.33 Å². The number of nitrogens with zero attached hydrogens (tertiary/aromatic N) is 1. The van der Waals surface area contributed by atoms with E-state index >= 15 is 0 Å². The van der Waals surface area contributed by atoms with Gasteiger partial charge >= 0.3 is 0 Å². The minimum atomic E-state index is 0.341. The summed E-state index contributed by atoms with van der Waals surface area (Å²) in [7, 11) is 0. The van der Waals surface area contributed by atoms with Crippen LogP contribution in [-0.2, 0) is 12.8 Å². The molecule has 0 unspecified atom stereocenters. The highest BCUT2D eigenvalue weighted by molar-refractivity contribution is 5.16. The summed E-state index contributed by atoms with van der Waals surface area (Å²) in [6.07, 6.45) is 4.84. The number of H-pyrrole nitrogens is 1. The van der Waals surface area contributed by atoms with Crippen LogP contribution in [0.3, 0.4) is 0 Å². The zero-order valence-corrected chi connectivity index (χ0v) is 5.80. The second-order valence-electron chi connectivity index (χ2n) is 2.83. The molecule has 0 fully saturated rings. The molecule has 0 saturated carbocycles. The molecule has 3 nitrogen and oxygen atoms in total. The van der Waals surface area contributed by atoms with Crippen LogP contribution in [0.1, 0.15) is 17.8 Å². The molecule has 1 aromatic rings. The van der Waals surface area contributed by atoms with Crippen molar-refractivity contribution in [3.63, 3.8) is 0 Å². The quantitative estimate of drug-likeness (QED) is 0.537. The van der Waals surface area contributed by atoms with Crippen LogP contribution in [0.25, 0.3) is 0 Å². The topological polar surface area (TPSA) is 54.7 Å². The fourth-order valence-corrected chi connectivity index (χ4v) is 1.43. The zero-order valence-electron chi connectivity index (χ0n) is 5.80. The number of rotatable bonds is 0. The third kappa shape index (κ3) is 0.827. The highest BCUT2D eigenvalue weighted by Gasteiger charge is 2.16. The lowest BCUT2D eigenvalue weighted by Crippen LogP contribution is -2.27. The lowest BCUT2D eigenvalue weighted by Gasteiger charge is -2.16. The fourth-order valence-electron chi connectivity index (χ4n) is 1.43. The molecule has 1 atom stereocenters. The number of hydrogen-bond donors (Lipinski definition) is 2. The number of fused-ring (bicyclic) bond motifs is 1. The van der Waals surface area contributed by atoms with Crippen molar-refractivity contribution >= 4 is 0 Å². The molecule has 10 heavy (non-hydrogen) atoms. The summed E-state index contributed by atoms with van der Waals surface area (Å²) in [6, 6.07) is 0.341. The maximum Gasteiger partial charge on any atom is 0.0925 e. The summed E-state index contributed by atoms with van der Waals surface area (Å²) in [5.41, 5.74) is 8.21. The van der Waals surface area contributed by atoms with E-state index in [0.29, 0.717) is 6.04 Å². The third-order valence-corrected chi connectivity index (χ3v) is 2.03. The van der Waals surface area contributed by atoms with Crippen molar-refractivity contribution in [2.45, 2.75) is 25.3 Å². The van der Waals surface area contributed by atoms with Gasteiger partial charge < -0.3 is 10.7 Å². The third-order valence-electron chi connectivity index (χ3n) is 2.03. The number of hydrogen-bond acceptors (Lipinski definition) is 2. The Kier molecular flexibility index (Phi) is 1.24. The SMILES string of the molecule is N[C@H]1CCc2nc[nH]c2C1. The Hall–Kier alpha value is -0.830. The summed E-state index contributed by atoms with van der Waals surface area (Å²) >= 11 is 0. The summed E-state index contributed by atoms with van der Waals surface area (Å²) < 4.78 is 0. The largest absolute Gasteiger partial charge is 0.348 e. The predicted octanol–water partition coefficient (Wildman–Crippen LogP) is 0.226. The molecule has 0 bridgehead atoms. The van der Waals surface area contributed by atoms with Gasteiger partial charge in [-0.2, -0.15) is 0 Å². The summed E-state index contributed by atoms with van der Waals surface area (Å²) in [5, 5.41) is 0. The average Bonchev–Trinajstić information content (AvgIpc) is 2.33. The first-order chi connectivity index (χ1) is 4.86. The van der Waals surface area contributed by atoms with E-state index in [1.165, 1.54) is 11.4 Å². The minimum Gasteiger partial charge on any atom is -0.348 e. The molecule has 1 heterocycles. The van der Waals surface area contributed by atoms with Crippen molar-refractivity contribution in [1.82, 2.24) is 9.97 Å². The summed E-state index contributed by atoms with van der Waals surface area (Å²) in [5.74, 6) is 0. The van der Waals surface area contributed by atoms with E-state index < -0.39 is 0 Å². The van der Waals surface area contributed by atoms with Crippen LogP contribution in [0.15, 0.2) is 6.33 Å². The Morgan fingerprint density at radius 3 is 3.50 bits per heavy atom. The number of nitrogens with two attached hydrogens (primary N) is 1. The van der Waals surface area contributed by atoms with E-state index in [1.807, 2.05) is 0 Å². The number of nitrogens with one attached hydrogen (secondary N) is 1. The molecular formula is C7H11N3. The summed E-state index contributed by atoms with van der Waals surface area (Å²) in [4.78, 5) is 7.28. The Morgan fingerprint density at radius 1 is 1.70 bits per heavy atom. The second-order valence-corrected chi connectivity index (χ2v) is 2.83. The molecule has 0 saturated heterocycles. The molecule has 1 aliphatic carbocycles. The van der Waals surface area contributed by atoms with Crippen molar-refractivity contribution in [2.24, 2.45) is 5.73 Å². The van der Waals surface area contributed by atoms with E-state index in [9.17, 15) is 0 Å². The first kappa shape index (κ1) is 5.92. The van der Waals surface area contributed by atoms with Gasteiger partial charge in [-0.3, -0.25) is 0 Å². The normalized spacial score (nSPS) is 24.3. The van der Waals surface area contributed by atoms with Crippen molar-refractivity contribution < 1.29 is 0 Å². The van der Waals surface area contributed by atoms with Gasteiger partial charge in [-0.1, -0.05) is 0 Å². The van der Waals surface area contributed by atoms with E-state index in [2.05, 4.69) is 9.97 Å². The number of aryl methyl sites for hydroxylation is 1. The molecule has 0 aromatic carbocycles. The fraction of sp³-hybridized carbons (Fsp3) is 0.571. The van der Waals surface area contributed by atoms with Gasteiger partial charge in [0.05, 0.1) is 12.0 Å². The Labute approximate surface area is 59.7 Å². The van der Waals surface area contributed by atoms with Gasteiger partial charge in [-0.05, 0) is 12.8 Å². The highest BCUT2D eigenvalue weighted by atomic mass is 14.9. The van der Waals surface area contributed by atoms with E-state index in [-0.39, 0.29) is 0 Å². The molecule has 3 N–H and O–H groups in total. The van der Waals surface area contributed by atoms with Crippen LogP contribution in [0.4, 0.5) is 0 Å². The lowest BCUT2D eigenvalue weighted by atomic mass is 9.97. The van der Waals surface area contributed by atoms with Crippen LogP contribution >= 0.6 is 0 Å². The Balaban J connectivity index is 2.30. The predicted molar refractivity (Wildman–Crippen MR) is 38.6 cm³/mol. The minimum absolute atomic E-state index is 0.341. The Morgan fingerprint density at radius 2 is 2.60 bits per heavy atom. The monoisotopic (exact) mass is 137 g/mol. The molecule has 0 spiro atoms. The van der Waals surface area contributed by atoms with Gasteiger partial charge in [0.25, 0.3) is 0 Å². The number of aromatic amines is 1. The molecule has 54 valence electrons. The van der Waals surface area contributed by atoms with Crippen molar-refractivity contribution in [3.05, 3.63) is 17.7 Å². The Bertz CT molecular complexity index is 229. The molecule has 2 rings (SSSR count). The molecule has 1 aliphatic rings. The average molecular weight is 137 g/mol. The maximum absolute atomic E-state index is 5.76. The standard InChI is InChI=1S/C7H11N3/c8-5-1-2-6-7(3-5)10-4-9-6/h4-5H,1-3,8H2,(H,9,10)/t5-/m0/s1. The number of imidazole rings is 1. The van der Waals surface area contributed by atoms with Crippen molar-refractivity contribution in [1.29, 1.82) is 0 Å². The summed E-state index contributed by atoms with van der Waals surface area (Å²) in [6.45, 7) is 0. The highest BCUT2D eigenvalue weighted by Crippen LogP contribution is 2.15. The van der Waals surface area contributed by atoms with Crippen LogP contribution in [0.5, 0.6) is 0 Å². The number of aromatic nitrogens is 2. The first-order valence-electron chi connectivity index (χ1n) is 3.63. The van der Waals surface area contributed by atoms with Crippen molar-refractivity contribution in [3.8, 4) is 0 Å². The zero-order chi connectivity index (χ0) is 6.97. The van der Waals surface area contributed by atoms with Gasteiger partial charge in [0.1, 0.15) is 0 Å². The first-order valence-corrected chi connectivity index (χ1v) is 3.63. The molecule has 0 amide bonds. The second kappa shape index (κ2) is 2.09. The molecule has 1 aromatic heterocycles. The van der Waals surface area contributed by atoms with Gasteiger partial charge in [0, 0.05) is 18.2 Å². The molecule has 0 aliphatic heterocycles. The molecule has 3 heteroatoms. The van der Waals surface area contributed by atoms with Crippen LogP contribution in [-0.4, -0.2) is 16.0 Å². The van der Waals surface area contributed by atoms with Crippen molar-refractivity contribution in [2.75, 3.05) is 0 Å². The van der Waals surface area contributed by atoms with E-state index in [4.69, 9.17) is 5.73 Å². The smallest absolute Gasteiger partial charge is 0.0925 e. The van der Waals surface area contributed by atoms with Crippen LogP contribution in [0, 0.1) is 0 Å². The van der Waals surface area contributed by atoms with Crippen LogP contribution < -0.4 is 5.73 Å². The molecular weight excluding hydrogens is 126 g/mol. The van der Waals surface area contributed by atoms with Gasteiger partial charge in [0.15, 0.2) is 0 Å². The van der Waals surface area contributed by atoms with E-state index in [0.717, 1.165) is 19.3 Å². The van der Waals surface area contributed by atoms with Gasteiger partial charge in [-0.15, -0.1) is 0 Å². The van der Waals surface area contributed by atoms with Crippen LogP contribution in [0.2, 0.25) is 0 Å².